The summed E-state index contributed by atoms with van der Waals surface area (Å²) in [5.74, 6) is 0.498. The maximum atomic E-state index is 10.9. The Balaban J connectivity index is 2.24. The molecular formula is C12H12N2O4. The number of ether oxygens (including phenoxy) is 1. The molecule has 0 aromatic heterocycles. The van der Waals surface area contributed by atoms with Gasteiger partial charge in [0.15, 0.2) is 6.61 Å². The Bertz CT molecular complexity index is 509. The van der Waals surface area contributed by atoms with Crippen LogP contribution in [0.4, 0.5) is 4.79 Å². The molecular weight excluding hydrogens is 236 g/mol. The first kappa shape index (κ1) is 12.2. The molecule has 0 radical (unpaired) electrons. The molecule has 6 nitrogen and oxygen atoms in total. The number of hydrogen-bond acceptors (Lipinski definition) is 4. The van der Waals surface area contributed by atoms with Gasteiger partial charge in [-0.05, 0) is 23.3 Å². The zero-order valence-corrected chi connectivity index (χ0v) is 9.54. The molecule has 0 spiro atoms. The lowest BCUT2D eigenvalue weighted by Crippen LogP contribution is -2.37. The topological polar surface area (TPSA) is 93.8 Å². The van der Waals surface area contributed by atoms with Crippen LogP contribution in [0.2, 0.25) is 0 Å². The molecule has 1 unspecified atom stereocenters. The SMILES string of the molecule is N#CCOc1ccc2c(c1)C(O)CN(C(=O)O)C2. The Kier molecular flexibility index (Phi) is 3.35. The molecule has 0 saturated heterocycles. The zero-order chi connectivity index (χ0) is 13.1. The first-order valence-corrected chi connectivity index (χ1v) is 5.40. The fourth-order valence-corrected chi connectivity index (χ4v) is 1.96. The van der Waals surface area contributed by atoms with E-state index in [9.17, 15) is 9.90 Å². The van der Waals surface area contributed by atoms with Crippen molar-refractivity contribution in [2.24, 2.45) is 0 Å². The largest absolute Gasteiger partial charge is 0.479 e. The molecule has 1 aliphatic heterocycles. The van der Waals surface area contributed by atoms with Crippen LogP contribution in [0.5, 0.6) is 5.75 Å². The number of nitriles is 1. The van der Waals surface area contributed by atoms with Crippen molar-refractivity contribution in [1.82, 2.24) is 4.90 Å². The Labute approximate surface area is 104 Å². The summed E-state index contributed by atoms with van der Waals surface area (Å²) in [7, 11) is 0. The highest BCUT2D eigenvalue weighted by Crippen LogP contribution is 2.29. The summed E-state index contributed by atoms with van der Waals surface area (Å²) in [5, 5.41) is 27.2. The Morgan fingerprint density at radius 2 is 2.39 bits per heavy atom. The van der Waals surface area contributed by atoms with E-state index in [0.29, 0.717) is 11.3 Å². The predicted molar refractivity (Wildman–Crippen MR) is 60.9 cm³/mol. The molecule has 1 heterocycles. The van der Waals surface area contributed by atoms with Crippen LogP contribution in [-0.2, 0) is 6.54 Å². The van der Waals surface area contributed by atoms with Gasteiger partial charge < -0.3 is 19.8 Å². The lowest BCUT2D eigenvalue weighted by molar-refractivity contribution is 0.0817. The number of aliphatic hydroxyl groups is 1. The van der Waals surface area contributed by atoms with Crippen LogP contribution in [0.25, 0.3) is 0 Å². The van der Waals surface area contributed by atoms with Gasteiger partial charge in [0.25, 0.3) is 0 Å². The van der Waals surface area contributed by atoms with Crippen LogP contribution >= 0.6 is 0 Å². The summed E-state index contributed by atoms with van der Waals surface area (Å²) in [6.45, 7) is 0.237. The fraction of sp³-hybridized carbons (Fsp3) is 0.333. The van der Waals surface area contributed by atoms with E-state index in [2.05, 4.69) is 0 Å². The van der Waals surface area contributed by atoms with Gasteiger partial charge in [0, 0.05) is 6.54 Å². The third-order valence-corrected chi connectivity index (χ3v) is 2.80. The molecule has 1 atom stereocenters. The molecule has 2 rings (SSSR count). The van der Waals surface area contributed by atoms with Crippen molar-refractivity contribution < 1.29 is 19.7 Å². The second-order valence-corrected chi connectivity index (χ2v) is 3.99. The van der Waals surface area contributed by atoms with E-state index in [1.54, 1.807) is 18.2 Å². The number of fused-ring (bicyclic) bond motifs is 1. The highest BCUT2D eigenvalue weighted by atomic mass is 16.5. The molecule has 1 amide bonds. The van der Waals surface area contributed by atoms with E-state index in [1.807, 2.05) is 6.07 Å². The normalized spacial score (nSPS) is 17.8. The van der Waals surface area contributed by atoms with Crippen LogP contribution < -0.4 is 4.74 Å². The van der Waals surface area contributed by atoms with Gasteiger partial charge in [0.2, 0.25) is 0 Å². The molecule has 0 saturated carbocycles. The maximum absolute atomic E-state index is 10.9. The number of nitrogens with zero attached hydrogens (tertiary/aromatic N) is 2. The average Bonchev–Trinajstić information content (AvgIpc) is 2.36. The molecule has 0 bridgehead atoms. The van der Waals surface area contributed by atoms with Crippen LogP contribution in [0.15, 0.2) is 18.2 Å². The number of carbonyl (C=O) groups is 1. The number of amides is 1. The van der Waals surface area contributed by atoms with Crippen molar-refractivity contribution in [3.63, 3.8) is 0 Å². The number of benzene rings is 1. The Morgan fingerprint density at radius 3 is 3.06 bits per heavy atom. The van der Waals surface area contributed by atoms with Gasteiger partial charge in [-0.2, -0.15) is 5.26 Å². The van der Waals surface area contributed by atoms with Crippen LogP contribution in [0.1, 0.15) is 17.2 Å². The second kappa shape index (κ2) is 4.94. The third kappa shape index (κ3) is 2.36. The molecule has 6 heteroatoms. The number of carboxylic acid groups (broad SMARTS) is 1. The first-order chi connectivity index (χ1) is 8.61. The predicted octanol–water partition coefficient (Wildman–Crippen LogP) is 1.12. The Hall–Kier alpha value is -2.26. The van der Waals surface area contributed by atoms with E-state index in [4.69, 9.17) is 15.1 Å². The lowest BCUT2D eigenvalue weighted by atomic mass is 9.97. The molecule has 1 aromatic carbocycles. The van der Waals surface area contributed by atoms with E-state index >= 15 is 0 Å². The van der Waals surface area contributed by atoms with Gasteiger partial charge in [-0.15, -0.1) is 0 Å². The van der Waals surface area contributed by atoms with Crippen molar-refractivity contribution in [3.8, 4) is 11.8 Å². The average molecular weight is 248 g/mol. The van der Waals surface area contributed by atoms with Crippen LogP contribution in [0.3, 0.4) is 0 Å². The van der Waals surface area contributed by atoms with Crippen molar-refractivity contribution in [2.45, 2.75) is 12.6 Å². The van der Waals surface area contributed by atoms with Crippen molar-refractivity contribution in [1.29, 1.82) is 5.26 Å². The molecule has 0 fully saturated rings. The van der Waals surface area contributed by atoms with E-state index in [-0.39, 0.29) is 19.7 Å². The highest BCUT2D eigenvalue weighted by Gasteiger charge is 2.26. The van der Waals surface area contributed by atoms with E-state index in [1.165, 1.54) is 0 Å². The van der Waals surface area contributed by atoms with Gasteiger partial charge >= 0.3 is 6.09 Å². The standard InChI is InChI=1S/C12H12N2O4/c13-3-4-18-9-2-1-8-6-14(12(16)17)7-11(15)10(8)5-9/h1-2,5,11,15H,4,6-7H2,(H,16,17). The van der Waals surface area contributed by atoms with Gasteiger partial charge in [0.1, 0.15) is 11.8 Å². The summed E-state index contributed by atoms with van der Waals surface area (Å²) in [5.41, 5.74) is 1.41. The van der Waals surface area contributed by atoms with Crippen molar-refractivity contribution in [3.05, 3.63) is 29.3 Å². The van der Waals surface area contributed by atoms with Crippen LogP contribution in [0, 0.1) is 11.3 Å². The van der Waals surface area contributed by atoms with Crippen LogP contribution in [-0.4, -0.2) is 34.4 Å². The highest BCUT2D eigenvalue weighted by molar-refractivity contribution is 5.65. The summed E-state index contributed by atoms with van der Waals surface area (Å²) in [6, 6.07) is 6.88. The fourth-order valence-electron chi connectivity index (χ4n) is 1.96. The molecule has 1 aromatic rings. The maximum Gasteiger partial charge on any atom is 0.407 e. The molecule has 1 aliphatic rings. The third-order valence-electron chi connectivity index (χ3n) is 2.80. The smallest absolute Gasteiger partial charge is 0.407 e. The van der Waals surface area contributed by atoms with E-state index in [0.717, 1.165) is 10.5 Å². The number of aliphatic hydroxyl groups excluding tert-OH is 1. The monoisotopic (exact) mass is 248 g/mol. The summed E-state index contributed by atoms with van der Waals surface area (Å²) in [6.07, 6.45) is -1.92. The zero-order valence-electron chi connectivity index (χ0n) is 9.54. The number of β-amino-alcohol motifs (C(OH)–C–C–N with tert-alkyl or cyclic N) is 1. The number of hydrogen-bond donors (Lipinski definition) is 2. The molecule has 2 N–H and O–H groups in total. The Morgan fingerprint density at radius 1 is 1.61 bits per heavy atom. The summed E-state index contributed by atoms with van der Waals surface area (Å²) in [4.78, 5) is 12.0. The van der Waals surface area contributed by atoms with E-state index < -0.39 is 12.2 Å². The van der Waals surface area contributed by atoms with Gasteiger partial charge in [-0.1, -0.05) is 6.07 Å². The molecule has 94 valence electrons. The summed E-state index contributed by atoms with van der Waals surface area (Å²) < 4.78 is 5.14. The molecule has 0 aliphatic carbocycles. The van der Waals surface area contributed by atoms with Gasteiger partial charge in [-0.25, -0.2) is 4.79 Å². The quantitative estimate of drug-likeness (QED) is 0.817. The minimum atomic E-state index is -1.05. The first-order valence-electron chi connectivity index (χ1n) is 5.40. The minimum absolute atomic E-state index is 0.0457. The van der Waals surface area contributed by atoms with Gasteiger partial charge in [0.05, 0.1) is 12.6 Å². The van der Waals surface area contributed by atoms with Crippen molar-refractivity contribution in [2.75, 3.05) is 13.2 Å². The molecule has 18 heavy (non-hydrogen) atoms. The summed E-state index contributed by atoms with van der Waals surface area (Å²) >= 11 is 0. The van der Waals surface area contributed by atoms with Crippen molar-refractivity contribution >= 4 is 6.09 Å². The van der Waals surface area contributed by atoms with Gasteiger partial charge in [-0.3, -0.25) is 0 Å². The minimum Gasteiger partial charge on any atom is -0.479 e. The number of rotatable bonds is 2. The second-order valence-electron chi connectivity index (χ2n) is 3.99. The lowest BCUT2D eigenvalue weighted by Gasteiger charge is -2.30.